The molecule has 2 aromatic carbocycles. The van der Waals surface area contributed by atoms with Crippen LogP contribution in [0.4, 0.5) is 0 Å². The van der Waals surface area contributed by atoms with Crippen LogP contribution in [-0.2, 0) is 14.3 Å². The summed E-state index contributed by atoms with van der Waals surface area (Å²) in [7, 11) is 0. The molecule has 4 heteroatoms. The van der Waals surface area contributed by atoms with E-state index in [9.17, 15) is 14.7 Å². The quantitative estimate of drug-likeness (QED) is 0.669. The van der Waals surface area contributed by atoms with E-state index in [4.69, 9.17) is 4.74 Å². The van der Waals surface area contributed by atoms with Crippen LogP contribution in [0.3, 0.4) is 0 Å². The molecule has 1 atom stereocenters. The van der Waals surface area contributed by atoms with Crippen molar-refractivity contribution in [3.8, 4) is 0 Å². The van der Waals surface area contributed by atoms with E-state index in [0.29, 0.717) is 0 Å². The lowest BCUT2D eigenvalue weighted by Gasteiger charge is -2.27. The fourth-order valence-corrected chi connectivity index (χ4v) is 2.64. The highest BCUT2D eigenvalue weighted by molar-refractivity contribution is 5.96. The number of ether oxygens (including phenoxy) is 1. The van der Waals surface area contributed by atoms with Crippen LogP contribution in [0.25, 0.3) is 0 Å². The van der Waals surface area contributed by atoms with Crippen molar-refractivity contribution in [3.63, 3.8) is 0 Å². The average molecular weight is 326 g/mol. The van der Waals surface area contributed by atoms with Gasteiger partial charge in [0.05, 0.1) is 0 Å². The van der Waals surface area contributed by atoms with Gasteiger partial charge in [-0.05, 0) is 31.9 Å². The molecule has 0 aliphatic heterocycles. The number of hydrogen-bond donors (Lipinski definition) is 1. The van der Waals surface area contributed by atoms with Crippen LogP contribution in [0.5, 0.6) is 0 Å². The normalized spacial score (nSPS) is 12.7. The largest absolute Gasteiger partial charge is 0.481 e. The van der Waals surface area contributed by atoms with E-state index < -0.39 is 29.4 Å². The van der Waals surface area contributed by atoms with Crippen molar-refractivity contribution >= 4 is 11.9 Å². The van der Waals surface area contributed by atoms with Crippen molar-refractivity contribution in [2.24, 2.45) is 5.92 Å². The standard InChI is InChI=1S/C20H22O4/c1-20(2,3)24-19(23)17(18(21)22)16(14-10-6-4-7-11-14)15-12-8-5-9-13-15/h4-13,16-17H,1-3H3,(H,21,22)/t17-/m1/s1. The van der Waals surface area contributed by atoms with Gasteiger partial charge in [-0.1, -0.05) is 60.7 Å². The molecule has 0 spiro atoms. The molecule has 0 saturated carbocycles. The van der Waals surface area contributed by atoms with Gasteiger partial charge in [-0.15, -0.1) is 0 Å². The number of carboxylic acid groups (broad SMARTS) is 1. The van der Waals surface area contributed by atoms with Crippen molar-refractivity contribution < 1.29 is 19.4 Å². The van der Waals surface area contributed by atoms with Crippen LogP contribution in [-0.4, -0.2) is 22.6 Å². The number of benzene rings is 2. The third-order valence-corrected chi connectivity index (χ3v) is 3.58. The summed E-state index contributed by atoms with van der Waals surface area (Å²) < 4.78 is 5.37. The van der Waals surface area contributed by atoms with Crippen molar-refractivity contribution in [1.29, 1.82) is 0 Å². The summed E-state index contributed by atoms with van der Waals surface area (Å²) in [5.74, 6) is -3.84. The van der Waals surface area contributed by atoms with Crippen molar-refractivity contribution in [3.05, 3.63) is 71.8 Å². The van der Waals surface area contributed by atoms with Gasteiger partial charge in [0.2, 0.25) is 0 Å². The first-order valence-corrected chi connectivity index (χ1v) is 7.85. The van der Waals surface area contributed by atoms with Gasteiger partial charge >= 0.3 is 11.9 Å². The van der Waals surface area contributed by atoms with Gasteiger partial charge in [0.15, 0.2) is 5.92 Å². The molecule has 2 aromatic rings. The molecule has 0 radical (unpaired) electrons. The van der Waals surface area contributed by atoms with Gasteiger partial charge in [0.25, 0.3) is 0 Å². The van der Waals surface area contributed by atoms with Crippen molar-refractivity contribution in [1.82, 2.24) is 0 Å². The Morgan fingerprint density at radius 2 is 1.29 bits per heavy atom. The maximum atomic E-state index is 12.6. The maximum Gasteiger partial charge on any atom is 0.321 e. The summed E-state index contributed by atoms with van der Waals surface area (Å²) in [6, 6.07) is 18.4. The van der Waals surface area contributed by atoms with Crippen LogP contribution in [0.1, 0.15) is 37.8 Å². The lowest BCUT2D eigenvalue weighted by molar-refractivity contribution is -0.167. The number of carbonyl (C=O) groups is 2. The number of carbonyl (C=O) groups excluding carboxylic acids is 1. The molecule has 0 saturated heterocycles. The molecule has 0 aliphatic carbocycles. The monoisotopic (exact) mass is 326 g/mol. The van der Waals surface area contributed by atoms with Gasteiger partial charge in [0, 0.05) is 5.92 Å². The number of esters is 1. The number of aliphatic carboxylic acids is 1. The average Bonchev–Trinajstić information content (AvgIpc) is 2.52. The van der Waals surface area contributed by atoms with E-state index >= 15 is 0 Å². The zero-order chi connectivity index (χ0) is 17.7. The minimum atomic E-state index is -1.31. The SMILES string of the molecule is CC(C)(C)OC(=O)[C@@H](C(=O)O)C(c1ccccc1)c1ccccc1. The van der Waals surface area contributed by atoms with Gasteiger partial charge in [0.1, 0.15) is 5.60 Å². The summed E-state index contributed by atoms with van der Waals surface area (Å²) in [5, 5.41) is 9.73. The van der Waals surface area contributed by atoms with E-state index in [-0.39, 0.29) is 0 Å². The molecular weight excluding hydrogens is 304 g/mol. The van der Waals surface area contributed by atoms with Gasteiger partial charge in [-0.2, -0.15) is 0 Å². The van der Waals surface area contributed by atoms with E-state index in [2.05, 4.69) is 0 Å². The first kappa shape index (κ1) is 17.7. The number of hydrogen-bond acceptors (Lipinski definition) is 3. The molecule has 0 aliphatic rings. The minimum absolute atomic E-state index is 0.611. The first-order chi connectivity index (χ1) is 11.3. The molecule has 0 amide bonds. The predicted molar refractivity (Wildman–Crippen MR) is 91.7 cm³/mol. The summed E-state index contributed by atoms with van der Waals surface area (Å²) in [5.41, 5.74) is 0.784. The summed E-state index contributed by atoms with van der Waals surface area (Å²) in [4.78, 5) is 24.5. The Balaban J connectivity index is 2.51. The molecule has 126 valence electrons. The molecule has 1 N–H and O–H groups in total. The highest BCUT2D eigenvalue weighted by atomic mass is 16.6. The molecule has 24 heavy (non-hydrogen) atoms. The van der Waals surface area contributed by atoms with Gasteiger partial charge in [-0.3, -0.25) is 9.59 Å². The Bertz CT molecular complexity index is 647. The molecule has 0 unspecified atom stereocenters. The van der Waals surface area contributed by atoms with Crippen molar-refractivity contribution in [2.75, 3.05) is 0 Å². The highest BCUT2D eigenvalue weighted by Gasteiger charge is 2.39. The molecule has 0 fully saturated rings. The maximum absolute atomic E-state index is 12.6. The van der Waals surface area contributed by atoms with E-state index in [1.807, 2.05) is 60.7 Å². The molecule has 0 aromatic heterocycles. The fourth-order valence-electron chi connectivity index (χ4n) is 2.64. The van der Waals surface area contributed by atoms with Crippen LogP contribution >= 0.6 is 0 Å². The number of rotatable bonds is 5. The zero-order valence-electron chi connectivity index (χ0n) is 14.1. The predicted octanol–water partition coefficient (Wildman–Crippen LogP) is 3.86. The third-order valence-electron chi connectivity index (χ3n) is 3.58. The molecule has 0 bridgehead atoms. The number of carboxylic acids is 1. The third kappa shape index (κ3) is 4.44. The summed E-state index contributed by atoms with van der Waals surface area (Å²) in [6.07, 6.45) is 0. The Morgan fingerprint density at radius 1 is 0.875 bits per heavy atom. The Kier molecular flexibility index (Phi) is 5.39. The zero-order valence-corrected chi connectivity index (χ0v) is 14.1. The van der Waals surface area contributed by atoms with Crippen LogP contribution in [0.15, 0.2) is 60.7 Å². The lowest BCUT2D eigenvalue weighted by Crippen LogP contribution is -2.36. The molecular formula is C20H22O4. The van der Waals surface area contributed by atoms with Crippen LogP contribution in [0, 0.1) is 5.92 Å². The second-order valence-electron chi connectivity index (χ2n) is 6.65. The summed E-state index contributed by atoms with van der Waals surface area (Å²) >= 11 is 0. The van der Waals surface area contributed by atoms with Crippen molar-refractivity contribution in [2.45, 2.75) is 32.3 Å². The molecule has 2 rings (SSSR count). The van der Waals surface area contributed by atoms with Gasteiger partial charge in [-0.25, -0.2) is 0 Å². The minimum Gasteiger partial charge on any atom is -0.481 e. The van der Waals surface area contributed by atoms with E-state index in [1.54, 1.807) is 20.8 Å². The fraction of sp³-hybridized carbons (Fsp3) is 0.300. The summed E-state index contributed by atoms with van der Waals surface area (Å²) in [6.45, 7) is 5.18. The van der Waals surface area contributed by atoms with Gasteiger partial charge < -0.3 is 9.84 Å². The van der Waals surface area contributed by atoms with Crippen LogP contribution < -0.4 is 0 Å². The molecule has 0 heterocycles. The van der Waals surface area contributed by atoms with E-state index in [1.165, 1.54) is 0 Å². The Labute approximate surface area is 142 Å². The highest BCUT2D eigenvalue weighted by Crippen LogP contribution is 2.34. The first-order valence-electron chi connectivity index (χ1n) is 7.85. The smallest absolute Gasteiger partial charge is 0.321 e. The van der Waals surface area contributed by atoms with Crippen LogP contribution in [0.2, 0.25) is 0 Å². The molecule has 4 nitrogen and oxygen atoms in total. The Hall–Kier alpha value is -2.62. The second-order valence-corrected chi connectivity index (χ2v) is 6.65. The Morgan fingerprint density at radius 3 is 1.62 bits per heavy atom. The van der Waals surface area contributed by atoms with E-state index in [0.717, 1.165) is 11.1 Å². The topological polar surface area (TPSA) is 63.6 Å². The lowest BCUT2D eigenvalue weighted by atomic mass is 9.80. The second kappa shape index (κ2) is 7.30.